The monoisotopic (exact) mass is 1540 g/mol. The number of carbonyl (C=O) groups excluding carboxylic acids is 4. The Balaban J connectivity index is 5.25. The molecular formula is C86H168O17P2. The van der Waals surface area contributed by atoms with Gasteiger partial charge >= 0.3 is 39.5 Å². The normalized spacial score (nSPS) is 14.4. The number of phosphoric ester groups is 2. The second kappa shape index (κ2) is 76.1. The van der Waals surface area contributed by atoms with Crippen LogP contribution in [-0.2, 0) is 65.4 Å². The van der Waals surface area contributed by atoms with Crippen molar-refractivity contribution in [2.24, 2.45) is 17.8 Å². The van der Waals surface area contributed by atoms with Crippen molar-refractivity contribution < 1.29 is 80.2 Å². The lowest BCUT2D eigenvalue weighted by Crippen LogP contribution is -2.30. The van der Waals surface area contributed by atoms with Crippen LogP contribution in [0.3, 0.4) is 0 Å². The van der Waals surface area contributed by atoms with Gasteiger partial charge < -0.3 is 33.8 Å². The SMILES string of the molecule is CCCCCCCCCCCCCCCCC(=O)O[C@H](COC(=O)CCCCCCCCCCC(C)CC)COP(=O)(O)OC[C@H](O)COP(=O)(O)OC[C@@H](COC(=O)CCCCCCCCCCCCCCCCC(C)C)OC(=O)CCCCCCCCCCCCCCCCCCCCC(C)CC. The molecule has 0 radical (unpaired) electrons. The molecule has 0 saturated heterocycles. The smallest absolute Gasteiger partial charge is 0.462 e. The highest BCUT2D eigenvalue weighted by atomic mass is 31.2. The lowest BCUT2D eigenvalue weighted by Gasteiger charge is -2.21. The Morgan fingerprint density at radius 1 is 0.276 bits per heavy atom. The van der Waals surface area contributed by atoms with Crippen LogP contribution in [0.1, 0.15) is 453 Å². The third-order valence-corrected chi connectivity index (χ3v) is 22.8. The molecule has 4 unspecified atom stereocenters. The number of esters is 4. The largest absolute Gasteiger partial charge is 0.472 e. The van der Waals surface area contributed by atoms with Crippen LogP contribution in [0.2, 0.25) is 0 Å². The molecule has 0 aliphatic rings. The molecule has 0 aromatic rings. The first-order valence-corrected chi connectivity index (χ1v) is 47.4. The number of ether oxygens (including phenoxy) is 4. The fraction of sp³-hybridized carbons (Fsp3) is 0.953. The van der Waals surface area contributed by atoms with Crippen LogP contribution in [0.25, 0.3) is 0 Å². The summed E-state index contributed by atoms with van der Waals surface area (Å²) in [5, 5.41) is 10.7. The van der Waals surface area contributed by atoms with Crippen LogP contribution in [0.5, 0.6) is 0 Å². The number of rotatable bonds is 84. The Morgan fingerprint density at radius 2 is 0.486 bits per heavy atom. The minimum atomic E-state index is -4.97. The minimum Gasteiger partial charge on any atom is -0.462 e. The van der Waals surface area contributed by atoms with E-state index >= 15 is 0 Å². The van der Waals surface area contributed by atoms with Gasteiger partial charge in [0.05, 0.1) is 26.4 Å². The van der Waals surface area contributed by atoms with Gasteiger partial charge in [-0.3, -0.25) is 37.3 Å². The van der Waals surface area contributed by atoms with Crippen molar-refractivity contribution in [3.8, 4) is 0 Å². The molecule has 624 valence electrons. The first kappa shape index (κ1) is 103. The molecule has 0 aromatic carbocycles. The zero-order valence-electron chi connectivity index (χ0n) is 69.2. The number of aliphatic hydroxyl groups is 1. The quantitative estimate of drug-likeness (QED) is 0.0222. The fourth-order valence-corrected chi connectivity index (χ4v) is 14.9. The van der Waals surface area contributed by atoms with Crippen molar-refractivity contribution in [2.75, 3.05) is 39.6 Å². The summed E-state index contributed by atoms with van der Waals surface area (Å²) in [5.74, 6) is 0.344. The van der Waals surface area contributed by atoms with Crippen molar-refractivity contribution in [1.29, 1.82) is 0 Å². The van der Waals surface area contributed by atoms with Gasteiger partial charge in [-0.05, 0) is 43.4 Å². The number of carbonyl (C=O) groups is 4. The maximum atomic E-state index is 13.1. The maximum Gasteiger partial charge on any atom is 0.472 e. The van der Waals surface area contributed by atoms with Gasteiger partial charge in [0.25, 0.3) is 0 Å². The van der Waals surface area contributed by atoms with E-state index in [0.29, 0.717) is 25.7 Å². The Bertz CT molecular complexity index is 2030. The average molecular weight is 1540 g/mol. The molecule has 105 heavy (non-hydrogen) atoms. The molecule has 7 atom stereocenters. The van der Waals surface area contributed by atoms with Gasteiger partial charge in [-0.15, -0.1) is 0 Å². The Morgan fingerprint density at radius 3 is 0.724 bits per heavy atom. The first-order chi connectivity index (χ1) is 50.8. The fourth-order valence-electron chi connectivity index (χ4n) is 13.3. The van der Waals surface area contributed by atoms with E-state index in [1.165, 1.54) is 263 Å². The molecule has 0 fully saturated rings. The highest BCUT2D eigenvalue weighted by Gasteiger charge is 2.30. The molecular weight excluding hydrogens is 1370 g/mol. The third-order valence-electron chi connectivity index (χ3n) is 20.9. The molecule has 17 nitrogen and oxygen atoms in total. The van der Waals surface area contributed by atoms with Crippen LogP contribution >= 0.6 is 15.6 Å². The lowest BCUT2D eigenvalue weighted by atomic mass is 9.99. The Kier molecular flexibility index (Phi) is 74.7. The van der Waals surface area contributed by atoms with E-state index < -0.39 is 97.5 Å². The number of phosphoric acid groups is 2. The molecule has 0 aliphatic heterocycles. The average Bonchev–Trinajstić information content (AvgIpc) is 0.910. The predicted molar refractivity (Wildman–Crippen MR) is 432 cm³/mol. The highest BCUT2D eigenvalue weighted by Crippen LogP contribution is 2.45. The van der Waals surface area contributed by atoms with Gasteiger partial charge in [-0.25, -0.2) is 9.13 Å². The van der Waals surface area contributed by atoms with Crippen molar-refractivity contribution in [1.82, 2.24) is 0 Å². The summed E-state index contributed by atoms with van der Waals surface area (Å²) in [6, 6.07) is 0. The number of hydrogen-bond donors (Lipinski definition) is 3. The topological polar surface area (TPSA) is 237 Å². The summed E-state index contributed by atoms with van der Waals surface area (Å²) in [5.41, 5.74) is 0. The van der Waals surface area contributed by atoms with Gasteiger partial charge in [0.2, 0.25) is 0 Å². The van der Waals surface area contributed by atoms with Crippen molar-refractivity contribution in [2.45, 2.75) is 471 Å². The van der Waals surface area contributed by atoms with Crippen LogP contribution < -0.4 is 0 Å². The van der Waals surface area contributed by atoms with E-state index in [1.807, 2.05) is 0 Å². The summed E-state index contributed by atoms with van der Waals surface area (Å²) in [6.45, 7) is 12.1. The lowest BCUT2D eigenvalue weighted by molar-refractivity contribution is -0.161. The Labute approximate surface area is 645 Å². The van der Waals surface area contributed by atoms with Gasteiger partial charge in [-0.1, -0.05) is 402 Å². The highest BCUT2D eigenvalue weighted by molar-refractivity contribution is 7.47. The molecule has 19 heteroatoms. The van der Waals surface area contributed by atoms with Crippen LogP contribution in [0.4, 0.5) is 0 Å². The van der Waals surface area contributed by atoms with Crippen molar-refractivity contribution in [3.05, 3.63) is 0 Å². The van der Waals surface area contributed by atoms with Crippen LogP contribution in [0.15, 0.2) is 0 Å². The number of hydrogen-bond acceptors (Lipinski definition) is 15. The van der Waals surface area contributed by atoms with E-state index in [2.05, 4.69) is 48.5 Å². The zero-order valence-corrected chi connectivity index (χ0v) is 71.0. The predicted octanol–water partition coefficient (Wildman–Crippen LogP) is 26.1. The molecule has 0 aromatic heterocycles. The van der Waals surface area contributed by atoms with E-state index in [0.717, 1.165) is 108 Å². The molecule has 0 spiro atoms. The van der Waals surface area contributed by atoms with Gasteiger partial charge in [-0.2, -0.15) is 0 Å². The van der Waals surface area contributed by atoms with Gasteiger partial charge in [0.1, 0.15) is 19.3 Å². The van der Waals surface area contributed by atoms with Crippen LogP contribution in [-0.4, -0.2) is 96.7 Å². The molecule has 0 aliphatic carbocycles. The number of unbranched alkanes of at least 4 members (excludes halogenated alkanes) is 50. The molecule has 0 amide bonds. The van der Waals surface area contributed by atoms with Gasteiger partial charge in [0, 0.05) is 25.7 Å². The van der Waals surface area contributed by atoms with E-state index in [1.54, 1.807) is 0 Å². The Hall–Kier alpha value is -1.94. The van der Waals surface area contributed by atoms with Crippen LogP contribution in [0, 0.1) is 17.8 Å². The third kappa shape index (κ3) is 77.2. The molecule has 0 saturated carbocycles. The molecule has 0 rings (SSSR count). The summed E-state index contributed by atoms with van der Waals surface area (Å²) < 4.78 is 68.9. The summed E-state index contributed by atoms with van der Waals surface area (Å²) in [4.78, 5) is 73.2. The first-order valence-electron chi connectivity index (χ1n) is 44.4. The number of aliphatic hydroxyl groups excluding tert-OH is 1. The standard InChI is InChI=1S/C86H168O17P2/c1-8-11-12-13-14-15-16-17-28-34-39-48-55-62-69-85(90)103-82(74-97-84(89)68-61-54-47-42-41-45-52-59-66-79(7)10-3)76-101-105(94,95)99-72-80(87)71-98-104(92,93)100-75-81(73-96-83(88)67-60-53-46-38-33-29-25-24-26-31-36-43-50-57-64-77(4)5)102-86(91)70-63-56-49-40-35-30-23-21-19-18-20-22-27-32-37-44-51-58-65-78(6)9-2/h77-82,87H,8-76H2,1-7H3,(H,92,93)(H,94,95)/t78?,79?,80-,81-,82-/m1/s1. The molecule has 0 bridgehead atoms. The minimum absolute atomic E-state index is 0.108. The van der Waals surface area contributed by atoms with Crippen molar-refractivity contribution >= 4 is 39.5 Å². The van der Waals surface area contributed by atoms with Crippen molar-refractivity contribution in [3.63, 3.8) is 0 Å². The molecule has 3 N–H and O–H groups in total. The second-order valence-corrected chi connectivity index (χ2v) is 34.8. The second-order valence-electron chi connectivity index (χ2n) is 31.9. The van der Waals surface area contributed by atoms with E-state index in [-0.39, 0.29) is 25.7 Å². The van der Waals surface area contributed by atoms with E-state index in [9.17, 15) is 43.2 Å². The van der Waals surface area contributed by atoms with E-state index in [4.69, 9.17) is 37.0 Å². The zero-order chi connectivity index (χ0) is 77.2. The summed E-state index contributed by atoms with van der Waals surface area (Å²) in [7, 11) is -9.93. The summed E-state index contributed by atoms with van der Waals surface area (Å²) in [6.07, 6.45) is 66.5. The summed E-state index contributed by atoms with van der Waals surface area (Å²) >= 11 is 0. The van der Waals surface area contributed by atoms with Gasteiger partial charge in [0.15, 0.2) is 12.2 Å². The maximum absolute atomic E-state index is 13.1. The molecule has 0 heterocycles.